The number of ether oxygens (including phenoxy) is 3. The van der Waals surface area contributed by atoms with E-state index < -0.39 is 0 Å². The molecule has 210 valence electrons. The van der Waals surface area contributed by atoms with E-state index in [4.69, 9.17) is 14.2 Å². The Morgan fingerprint density at radius 1 is 0.683 bits per heavy atom. The third kappa shape index (κ3) is 7.60. The number of anilines is 2. The van der Waals surface area contributed by atoms with E-state index in [-0.39, 0.29) is 0 Å². The van der Waals surface area contributed by atoms with Crippen molar-refractivity contribution in [3.8, 4) is 22.9 Å². The van der Waals surface area contributed by atoms with E-state index in [0.717, 1.165) is 47.4 Å². The molecule has 1 heterocycles. The Morgan fingerprint density at radius 2 is 1.37 bits per heavy atom. The van der Waals surface area contributed by atoms with Crippen molar-refractivity contribution in [1.29, 1.82) is 0 Å². The molecule has 0 saturated heterocycles. The number of nitrogens with zero attached hydrogens (tertiary/aromatic N) is 4. The van der Waals surface area contributed by atoms with Gasteiger partial charge in [-0.15, -0.1) is 0 Å². The quantitative estimate of drug-likeness (QED) is 0.154. The largest absolute Gasteiger partial charge is 0.497 e. The van der Waals surface area contributed by atoms with Crippen molar-refractivity contribution in [2.24, 2.45) is 0 Å². The molecule has 0 aliphatic rings. The van der Waals surface area contributed by atoms with Crippen LogP contribution in [0.2, 0.25) is 0 Å². The van der Waals surface area contributed by atoms with Gasteiger partial charge in [0.1, 0.15) is 30.5 Å². The van der Waals surface area contributed by atoms with Crippen molar-refractivity contribution in [3.63, 3.8) is 0 Å². The van der Waals surface area contributed by atoms with Crippen LogP contribution in [0.4, 0.5) is 11.4 Å². The van der Waals surface area contributed by atoms with E-state index in [9.17, 15) is 0 Å². The molecular weight excluding hydrogens is 512 g/mol. The van der Waals surface area contributed by atoms with Crippen molar-refractivity contribution in [2.75, 3.05) is 44.2 Å². The minimum Gasteiger partial charge on any atom is -0.497 e. The number of hydrogen-bond donors (Lipinski definition) is 0. The van der Waals surface area contributed by atoms with Crippen LogP contribution in [0.3, 0.4) is 0 Å². The predicted molar refractivity (Wildman–Crippen MR) is 165 cm³/mol. The molecule has 0 radical (unpaired) electrons. The molecule has 4 aromatic carbocycles. The lowest BCUT2D eigenvalue weighted by Gasteiger charge is -2.26. The lowest BCUT2D eigenvalue weighted by molar-refractivity contribution is 0.217. The monoisotopic (exact) mass is 548 g/mol. The molecule has 0 bridgehead atoms. The third-order valence-electron chi connectivity index (χ3n) is 6.75. The van der Waals surface area contributed by atoms with Gasteiger partial charge in [-0.05, 0) is 71.8 Å². The lowest BCUT2D eigenvalue weighted by Crippen LogP contribution is -2.22. The van der Waals surface area contributed by atoms with Gasteiger partial charge in [-0.25, -0.2) is 4.98 Å². The van der Waals surface area contributed by atoms with E-state index in [2.05, 4.69) is 69.4 Å². The van der Waals surface area contributed by atoms with Gasteiger partial charge in [0, 0.05) is 62.7 Å². The maximum Gasteiger partial charge on any atom is 0.122 e. The highest BCUT2D eigenvalue weighted by molar-refractivity contribution is 5.51. The van der Waals surface area contributed by atoms with E-state index in [1.165, 1.54) is 11.1 Å². The van der Waals surface area contributed by atoms with Gasteiger partial charge >= 0.3 is 0 Å². The zero-order valence-corrected chi connectivity index (χ0v) is 23.8. The van der Waals surface area contributed by atoms with Gasteiger partial charge in [-0.3, -0.25) is 0 Å². The van der Waals surface area contributed by atoms with Crippen molar-refractivity contribution in [1.82, 2.24) is 9.55 Å². The average Bonchev–Trinajstić information content (AvgIpc) is 3.55. The molecule has 0 N–H and O–H groups in total. The number of rotatable bonds is 13. The first-order valence-corrected chi connectivity index (χ1v) is 13.7. The fourth-order valence-electron chi connectivity index (χ4n) is 4.60. The highest BCUT2D eigenvalue weighted by Crippen LogP contribution is 2.26. The van der Waals surface area contributed by atoms with Crippen LogP contribution in [0.25, 0.3) is 5.69 Å². The smallest absolute Gasteiger partial charge is 0.122 e. The second-order valence-corrected chi connectivity index (χ2v) is 9.93. The van der Waals surface area contributed by atoms with Crippen LogP contribution in [-0.4, -0.2) is 44.0 Å². The molecule has 0 amide bonds. The molecule has 7 heteroatoms. The van der Waals surface area contributed by atoms with Gasteiger partial charge in [0.25, 0.3) is 0 Å². The highest BCUT2D eigenvalue weighted by atomic mass is 16.5. The van der Waals surface area contributed by atoms with Gasteiger partial charge < -0.3 is 28.6 Å². The first-order valence-electron chi connectivity index (χ1n) is 13.7. The Labute approximate surface area is 242 Å². The van der Waals surface area contributed by atoms with Gasteiger partial charge in [0.2, 0.25) is 0 Å². The van der Waals surface area contributed by atoms with Crippen molar-refractivity contribution < 1.29 is 14.2 Å². The molecule has 0 atom stereocenters. The van der Waals surface area contributed by atoms with Crippen molar-refractivity contribution in [3.05, 3.63) is 127 Å². The Bertz CT molecular complexity index is 1520. The lowest BCUT2D eigenvalue weighted by atomic mass is 10.1. The summed E-state index contributed by atoms with van der Waals surface area (Å²) in [6.07, 6.45) is 5.57. The summed E-state index contributed by atoms with van der Waals surface area (Å²) in [4.78, 5) is 8.60. The molecular formula is C34H36N4O3. The van der Waals surface area contributed by atoms with E-state index in [1.54, 1.807) is 13.3 Å². The minimum absolute atomic E-state index is 0.458. The molecule has 5 aromatic rings. The van der Waals surface area contributed by atoms with Crippen molar-refractivity contribution >= 4 is 11.4 Å². The fraction of sp³-hybridized carbons (Fsp3) is 0.206. The molecule has 0 saturated carbocycles. The summed E-state index contributed by atoms with van der Waals surface area (Å²) >= 11 is 0. The maximum atomic E-state index is 5.98. The summed E-state index contributed by atoms with van der Waals surface area (Å²) in [5.74, 6) is 2.49. The third-order valence-corrected chi connectivity index (χ3v) is 6.75. The topological polar surface area (TPSA) is 52.0 Å². The number of aromatic nitrogens is 2. The molecule has 41 heavy (non-hydrogen) atoms. The number of benzene rings is 4. The summed E-state index contributed by atoms with van der Waals surface area (Å²) in [6.45, 7) is 2.39. The standard InChI is InChI=1S/C34H36N4O3/c1-36(2)30-9-6-12-34(23-30)41-20-19-40-32-15-13-29(14-16-32)38(25-28-8-5-11-33(22-28)39-3)24-27-7-4-10-31(21-27)37-18-17-35-26-37/h4-18,21-23,26H,19-20,24-25H2,1-3H3. The highest BCUT2D eigenvalue weighted by Gasteiger charge is 2.11. The van der Waals surface area contributed by atoms with Crippen LogP contribution >= 0.6 is 0 Å². The van der Waals surface area contributed by atoms with Crippen LogP contribution in [-0.2, 0) is 13.1 Å². The molecule has 7 nitrogen and oxygen atoms in total. The molecule has 0 aliphatic heterocycles. The molecule has 1 aromatic heterocycles. The minimum atomic E-state index is 0.458. The Morgan fingerprint density at radius 3 is 2.07 bits per heavy atom. The Balaban J connectivity index is 1.26. The molecule has 0 spiro atoms. The first-order chi connectivity index (χ1) is 20.1. The van der Waals surface area contributed by atoms with E-state index in [0.29, 0.717) is 13.2 Å². The number of imidazole rings is 1. The number of methoxy groups -OCH3 is 1. The van der Waals surface area contributed by atoms with Crippen LogP contribution in [0.15, 0.2) is 116 Å². The number of hydrogen-bond acceptors (Lipinski definition) is 6. The van der Waals surface area contributed by atoms with E-state index >= 15 is 0 Å². The summed E-state index contributed by atoms with van der Waals surface area (Å²) in [7, 11) is 5.73. The second kappa shape index (κ2) is 13.4. The van der Waals surface area contributed by atoms with Gasteiger partial charge in [-0.1, -0.05) is 30.3 Å². The van der Waals surface area contributed by atoms with Crippen LogP contribution in [0, 0.1) is 0 Å². The van der Waals surface area contributed by atoms with Crippen molar-refractivity contribution in [2.45, 2.75) is 13.1 Å². The summed E-state index contributed by atoms with van der Waals surface area (Å²) in [5.41, 5.74) is 5.66. The predicted octanol–water partition coefficient (Wildman–Crippen LogP) is 6.61. The fourth-order valence-corrected chi connectivity index (χ4v) is 4.60. The zero-order valence-electron chi connectivity index (χ0n) is 23.8. The zero-order chi connectivity index (χ0) is 28.4. The maximum absolute atomic E-state index is 5.98. The van der Waals surface area contributed by atoms with Crippen LogP contribution in [0.1, 0.15) is 11.1 Å². The SMILES string of the molecule is COc1cccc(CN(Cc2cccc(-n3ccnc3)c2)c2ccc(OCCOc3cccc(N(C)C)c3)cc2)c1. The summed E-state index contributed by atoms with van der Waals surface area (Å²) in [6, 6.07) is 33.0. The van der Waals surface area contributed by atoms with Crippen LogP contribution in [0.5, 0.6) is 17.2 Å². The van der Waals surface area contributed by atoms with Crippen LogP contribution < -0.4 is 24.0 Å². The summed E-state index contributed by atoms with van der Waals surface area (Å²) < 4.78 is 19.4. The molecule has 0 fully saturated rings. The Kier molecular flexibility index (Phi) is 9.06. The van der Waals surface area contributed by atoms with E-state index in [1.807, 2.05) is 73.7 Å². The normalized spacial score (nSPS) is 10.7. The van der Waals surface area contributed by atoms with Gasteiger partial charge in [0.05, 0.1) is 13.4 Å². The second-order valence-electron chi connectivity index (χ2n) is 9.93. The first kappa shape index (κ1) is 27.6. The molecule has 0 aliphatic carbocycles. The summed E-state index contributed by atoms with van der Waals surface area (Å²) in [5, 5.41) is 0. The average molecular weight is 549 g/mol. The molecule has 0 unspecified atom stereocenters. The van der Waals surface area contributed by atoms with Gasteiger partial charge in [-0.2, -0.15) is 0 Å². The van der Waals surface area contributed by atoms with Gasteiger partial charge in [0.15, 0.2) is 0 Å². The Hall–Kier alpha value is -4.91. The molecule has 5 rings (SSSR count).